The van der Waals surface area contributed by atoms with Gasteiger partial charge in [0.1, 0.15) is 6.04 Å². The quantitative estimate of drug-likeness (QED) is 0.915. The molecule has 0 aliphatic rings. The Bertz CT molecular complexity index is 752. The summed E-state index contributed by atoms with van der Waals surface area (Å²) in [6, 6.07) is 9.52. The minimum absolute atomic E-state index is 0.143. The lowest BCUT2D eigenvalue weighted by atomic mass is 10.2. The fourth-order valence-electron chi connectivity index (χ4n) is 1.93. The molecule has 0 unspecified atom stereocenters. The number of carbonyl (C=O) groups is 1. The zero-order chi connectivity index (χ0) is 16.3. The molecule has 0 aliphatic carbocycles. The van der Waals surface area contributed by atoms with E-state index in [1.165, 1.54) is 26.2 Å². The second-order valence-electron chi connectivity index (χ2n) is 5.11. The van der Waals surface area contributed by atoms with Crippen molar-refractivity contribution in [2.75, 3.05) is 19.4 Å². The lowest BCUT2D eigenvalue weighted by Gasteiger charge is -2.15. The molecule has 2 aromatic rings. The maximum Gasteiger partial charge on any atom is 0.247 e. The third-order valence-electron chi connectivity index (χ3n) is 3.33. The number of sulfonamides is 1. The maximum atomic E-state index is 12.2. The van der Waals surface area contributed by atoms with E-state index in [0.29, 0.717) is 5.69 Å². The summed E-state index contributed by atoms with van der Waals surface area (Å²) >= 11 is 0. The van der Waals surface area contributed by atoms with Crippen LogP contribution in [0.4, 0.5) is 5.69 Å². The van der Waals surface area contributed by atoms with E-state index < -0.39 is 10.0 Å². The van der Waals surface area contributed by atoms with E-state index in [0.717, 1.165) is 4.31 Å². The van der Waals surface area contributed by atoms with Crippen molar-refractivity contribution in [1.29, 1.82) is 0 Å². The molecule has 6 nitrogen and oxygen atoms in total. The van der Waals surface area contributed by atoms with Gasteiger partial charge in [0.05, 0.1) is 4.90 Å². The van der Waals surface area contributed by atoms with Crippen molar-refractivity contribution < 1.29 is 13.2 Å². The third kappa shape index (κ3) is 3.37. The van der Waals surface area contributed by atoms with Gasteiger partial charge in [-0.2, -0.15) is 0 Å². The van der Waals surface area contributed by atoms with Gasteiger partial charge < -0.3 is 9.88 Å². The highest BCUT2D eigenvalue weighted by atomic mass is 32.2. The molecule has 1 aromatic carbocycles. The van der Waals surface area contributed by atoms with Gasteiger partial charge in [-0.15, -0.1) is 0 Å². The summed E-state index contributed by atoms with van der Waals surface area (Å²) in [6.07, 6.45) is 3.61. The van der Waals surface area contributed by atoms with Crippen LogP contribution in [0.25, 0.3) is 0 Å². The topological polar surface area (TPSA) is 71.4 Å². The van der Waals surface area contributed by atoms with Gasteiger partial charge in [-0.25, -0.2) is 12.7 Å². The van der Waals surface area contributed by atoms with E-state index in [1.54, 1.807) is 36.0 Å². The summed E-state index contributed by atoms with van der Waals surface area (Å²) in [5.74, 6) is -0.212. The number of nitrogens with zero attached hydrogens (tertiary/aromatic N) is 2. The van der Waals surface area contributed by atoms with Crippen LogP contribution in [0.5, 0.6) is 0 Å². The number of carbonyl (C=O) groups excluding carboxylic acids is 1. The Morgan fingerprint density at radius 2 is 1.82 bits per heavy atom. The first-order valence-electron chi connectivity index (χ1n) is 6.78. The SMILES string of the molecule is C[C@H](C(=O)Nc1cccc(S(=O)(=O)N(C)C)c1)n1cccc1. The summed E-state index contributed by atoms with van der Waals surface area (Å²) in [7, 11) is -0.588. The molecule has 1 atom stereocenters. The summed E-state index contributed by atoms with van der Waals surface area (Å²) in [4.78, 5) is 12.4. The van der Waals surface area contributed by atoms with Crippen molar-refractivity contribution in [3.63, 3.8) is 0 Å². The molecule has 1 amide bonds. The summed E-state index contributed by atoms with van der Waals surface area (Å²) in [5.41, 5.74) is 0.451. The molecule has 1 N–H and O–H groups in total. The van der Waals surface area contributed by atoms with Gasteiger partial charge in [0.2, 0.25) is 15.9 Å². The van der Waals surface area contributed by atoms with Crippen LogP contribution in [-0.4, -0.2) is 37.3 Å². The first-order valence-corrected chi connectivity index (χ1v) is 8.22. The van der Waals surface area contributed by atoms with Gasteiger partial charge in [0, 0.05) is 32.2 Å². The zero-order valence-corrected chi connectivity index (χ0v) is 13.5. The average molecular weight is 321 g/mol. The Morgan fingerprint density at radius 3 is 2.41 bits per heavy atom. The zero-order valence-electron chi connectivity index (χ0n) is 12.7. The van der Waals surface area contributed by atoms with Gasteiger partial charge in [0.25, 0.3) is 0 Å². The minimum Gasteiger partial charge on any atom is -0.342 e. The Kier molecular flexibility index (Phi) is 4.68. The number of amides is 1. The Balaban J connectivity index is 2.19. The first-order chi connectivity index (χ1) is 10.3. The number of benzene rings is 1. The maximum absolute atomic E-state index is 12.2. The summed E-state index contributed by atoms with van der Waals surface area (Å²) in [6.45, 7) is 1.77. The molecule has 0 saturated carbocycles. The Morgan fingerprint density at radius 1 is 1.18 bits per heavy atom. The molecule has 22 heavy (non-hydrogen) atoms. The van der Waals surface area contributed by atoms with Gasteiger partial charge in [0.15, 0.2) is 0 Å². The molecule has 1 aromatic heterocycles. The summed E-state index contributed by atoms with van der Waals surface area (Å²) in [5, 5.41) is 2.74. The highest BCUT2D eigenvalue weighted by Gasteiger charge is 2.19. The Hall–Kier alpha value is -2.12. The highest BCUT2D eigenvalue weighted by molar-refractivity contribution is 7.89. The number of anilines is 1. The van der Waals surface area contributed by atoms with Crippen LogP contribution in [0.3, 0.4) is 0 Å². The number of aromatic nitrogens is 1. The van der Waals surface area contributed by atoms with E-state index >= 15 is 0 Å². The van der Waals surface area contributed by atoms with Crippen LogP contribution < -0.4 is 5.32 Å². The minimum atomic E-state index is -3.52. The molecule has 0 aliphatic heterocycles. The average Bonchev–Trinajstić information content (AvgIpc) is 3.00. The summed E-state index contributed by atoms with van der Waals surface area (Å²) < 4.78 is 27.1. The molecule has 118 valence electrons. The van der Waals surface area contributed by atoms with E-state index in [2.05, 4.69) is 5.32 Å². The number of hydrogen-bond acceptors (Lipinski definition) is 3. The number of nitrogens with one attached hydrogen (secondary N) is 1. The standard InChI is InChI=1S/C15H19N3O3S/c1-12(18-9-4-5-10-18)15(19)16-13-7-6-8-14(11-13)22(20,21)17(2)3/h4-12H,1-3H3,(H,16,19)/t12-/m1/s1. The molecule has 2 rings (SSSR count). The van der Waals surface area contributed by atoms with Crippen molar-refractivity contribution >= 4 is 21.6 Å². The van der Waals surface area contributed by atoms with Crippen molar-refractivity contribution in [3.05, 3.63) is 48.8 Å². The van der Waals surface area contributed by atoms with Crippen molar-refractivity contribution in [1.82, 2.24) is 8.87 Å². The number of hydrogen-bond donors (Lipinski definition) is 1. The lowest BCUT2D eigenvalue weighted by Crippen LogP contribution is -2.24. The fourth-order valence-corrected chi connectivity index (χ4v) is 2.88. The molecular formula is C15H19N3O3S. The van der Waals surface area contributed by atoms with Gasteiger partial charge >= 0.3 is 0 Å². The molecule has 1 heterocycles. The van der Waals surface area contributed by atoms with Crippen LogP contribution in [0, 0.1) is 0 Å². The van der Waals surface area contributed by atoms with Crippen LogP contribution in [0.2, 0.25) is 0 Å². The van der Waals surface area contributed by atoms with Gasteiger partial charge in [-0.3, -0.25) is 4.79 Å². The van der Waals surface area contributed by atoms with E-state index in [4.69, 9.17) is 0 Å². The second kappa shape index (κ2) is 6.33. The van der Waals surface area contributed by atoms with Crippen molar-refractivity contribution in [2.45, 2.75) is 17.9 Å². The fraction of sp³-hybridized carbons (Fsp3) is 0.267. The monoisotopic (exact) mass is 321 g/mol. The molecule has 0 bridgehead atoms. The predicted octanol–water partition coefficient (Wildman–Crippen LogP) is 1.94. The largest absolute Gasteiger partial charge is 0.342 e. The molecule has 0 fully saturated rings. The predicted molar refractivity (Wildman–Crippen MR) is 85.1 cm³/mol. The lowest BCUT2D eigenvalue weighted by molar-refractivity contribution is -0.118. The van der Waals surface area contributed by atoms with Gasteiger partial charge in [-0.1, -0.05) is 6.07 Å². The van der Waals surface area contributed by atoms with Crippen LogP contribution >= 0.6 is 0 Å². The first kappa shape index (κ1) is 16.3. The van der Waals surface area contributed by atoms with E-state index in [1.807, 2.05) is 12.1 Å². The smallest absolute Gasteiger partial charge is 0.247 e. The molecular weight excluding hydrogens is 302 g/mol. The third-order valence-corrected chi connectivity index (χ3v) is 5.15. The van der Waals surface area contributed by atoms with E-state index in [-0.39, 0.29) is 16.8 Å². The molecule has 0 radical (unpaired) electrons. The molecule has 0 spiro atoms. The second-order valence-corrected chi connectivity index (χ2v) is 7.26. The molecule has 0 saturated heterocycles. The Labute approximate surface area is 130 Å². The van der Waals surface area contributed by atoms with Crippen molar-refractivity contribution in [2.24, 2.45) is 0 Å². The van der Waals surface area contributed by atoms with Crippen LogP contribution in [0.1, 0.15) is 13.0 Å². The van der Waals surface area contributed by atoms with Crippen molar-refractivity contribution in [3.8, 4) is 0 Å². The number of rotatable bonds is 5. The molecule has 7 heteroatoms. The van der Waals surface area contributed by atoms with Crippen LogP contribution in [0.15, 0.2) is 53.7 Å². The van der Waals surface area contributed by atoms with E-state index in [9.17, 15) is 13.2 Å². The van der Waals surface area contributed by atoms with Crippen LogP contribution in [-0.2, 0) is 14.8 Å². The van der Waals surface area contributed by atoms with Gasteiger partial charge in [-0.05, 0) is 37.3 Å². The normalized spacial score (nSPS) is 13.1. The highest BCUT2D eigenvalue weighted by Crippen LogP contribution is 2.19.